The molecule has 44 heavy (non-hydrogen) atoms. The third kappa shape index (κ3) is 11.7. The van der Waals surface area contributed by atoms with Crippen LogP contribution in [0, 0.1) is 0 Å². The summed E-state index contributed by atoms with van der Waals surface area (Å²) >= 11 is 25.1. The Hall–Kier alpha value is -0.920. The maximum atomic E-state index is 14.1. The van der Waals surface area contributed by atoms with Crippen LogP contribution in [-0.4, -0.2) is 19.6 Å². The fourth-order valence-corrected chi connectivity index (χ4v) is 16.5. The van der Waals surface area contributed by atoms with Crippen molar-refractivity contribution in [3.63, 3.8) is 0 Å². The Kier molecular flexibility index (Phi) is 15.5. The van der Waals surface area contributed by atoms with E-state index in [0.717, 1.165) is 23.5 Å². The smallest absolute Gasteiger partial charge is 0.239 e. The predicted molar refractivity (Wildman–Crippen MR) is 210 cm³/mol. The molecule has 0 spiro atoms. The fraction of sp³-hybridized carbons (Fsp3) is 0.242. The summed E-state index contributed by atoms with van der Waals surface area (Å²) in [6.45, 7) is 0.421. The van der Waals surface area contributed by atoms with Crippen molar-refractivity contribution in [1.29, 1.82) is 0 Å². The van der Waals surface area contributed by atoms with E-state index in [2.05, 4.69) is 78.1 Å². The molecule has 11 heteroatoms. The quantitative estimate of drug-likeness (QED) is 0.0615. The minimum absolute atomic E-state index is 0.171. The van der Waals surface area contributed by atoms with Gasteiger partial charge in [-0.1, -0.05) is 121 Å². The molecule has 1 N–H and O–H groups in total. The van der Waals surface area contributed by atoms with Crippen molar-refractivity contribution < 1.29 is 4.79 Å². The number of halogens is 1. The van der Waals surface area contributed by atoms with E-state index >= 15 is 0 Å². The first-order chi connectivity index (χ1) is 21.4. The lowest BCUT2D eigenvalue weighted by atomic mass is 10.1. The number of carbonyl (C=O) groups is 1. The Bertz CT molecular complexity index is 1460. The summed E-state index contributed by atoms with van der Waals surface area (Å²) in [5.41, 5.74) is 4.78. The Morgan fingerprint density at radius 2 is 1.09 bits per heavy atom. The molecule has 0 aliphatic carbocycles. The lowest BCUT2D eigenvalue weighted by Crippen LogP contribution is -2.48. The van der Waals surface area contributed by atoms with Gasteiger partial charge in [-0.05, 0) is 22.3 Å². The first kappa shape index (κ1) is 35.9. The molecule has 4 aromatic rings. The Labute approximate surface area is 296 Å². The number of hydrogen-bond donors (Lipinski definition) is 1. The van der Waals surface area contributed by atoms with Crippen molar-refractivity contribution in [3.8, 4) is 0 Å². The van der Waals surface area contributed by atoms with Gasteiger partial charge >= 0.3 is 0 Å². The molecule has 0 radical (unpaired) electrons. The molecule has 4 aromatic carbocycles. The van der Waals surface area contributed by atoms with Gasteiger partial charge in [0.15, 0.2) is 27.8 Å². The largest absolute Gasteiger partial charge is 0.328 e. The summed E-state index contributed by atoms with van der Waals surface area (Å²) in [6, 6.07) is 41.4. The summed E-state index contributed by atoms with van der Waals surface area (Å²) in [5.74, 6) is 1.38. The van der Waals surface area contributed by atoms with Crippen LogP contribution in [0.4, 0.5) is 0 Å². The van der Waals surface area contributed by atoms with E-state index in [1.807, 2.05) is 60.3 Å². The van der Waals surface area contributed by atoms with E-state index < -0.39 is 9.58 Å². The van der Waals surface area contributed by atoms with Gasteiger partial charge in [-0.15, -0.1) is 35.1 Å². The van der Waals surface area contributed by atoms with Gasteiger partial charge in [0.1, 0.15) is 32.2 Å². The molecule has 0 saturated carbocycles. The molecule has 0 aliphatic heterocycles. The zero-order chi connectivity index (χ0) is 31.1. The number of alkyl halides is 1. The van der Waals surface area contributed by atoms with Crippen LogP contribution in [0.15, 0.2) is 121 Å². The molecule has 1 amide bonds. The van der Waals surface area contributed by atoms with Gasteiger partial charge in [0, 0.05) is 30.8 Å². The number of nitrogens with one attached hydrogen (secondary N) is 1. The molecule has 228 valence electrons. The lowest BCUT2D eigenvalue weighted by molar-refractivity contribution is -0.121. The van der Waals surface area contributed by atoms with E-state index in [-0.39, 0.29) is 23.1 Å². The van der Waals surface area contributed by atoms with E-state index in [1.165, 1.54) is 16.7 Å². The third-order valence-corrected chi connectivity index (χ3v) is 17.4. The summed E-state index contributed by atoms with van der Waals surface area (Å²) < 4.78 is -1.03. The number of benzene rings is 4. The van der Waals surface area contributed by atoms with Crippen LogP contribution < -0.4 is 5.32 Å². The fourth-order valence-electron chi connectivity index (χ4n) is 4.62. The molecule has 0 aliphatic rings. The van der Waals surface area contributed by atoms with Crippen LogP contribution in [0.25, 0.3) is 0 Å². The van der Waals surface area contributed by atoms with Crippen LogP contribution in [-0.2, 0) is 52.8 Å². The van der Waals surface area contributed by atoms with Crippen molar-refractivity contribution in [2.45, 2.75) is 44.4 Å². The molecule has 5 atom stereocenters. The van der Waals surface area contributed by atoms with Gasteiger partial charge in [0.05, 0.1) is 0 Å². The normalized spacial score (nSPS) is 14.8. The highest BCUT2D eigenvalue weighted by Gasteiger charge is 2.43. The Morgan fingerprint density at radius 1 is 0.659 bits per heavy atom. The lowest BCUT2D eigenvalue weighted by Gasteiger charge is -2.33. The van der Waals surface area contributed by atoms with Crippen LogP contribution in [0.1, 0.15) is 28.7 Å². The SMILES string of the molecule is O=C(NC(Cc1ccccc1)(SCc1ccccc1)S[PH+]=S)C(Cl)CC(Cc1ccccc1)(SCc1ccccc1)S[PH+]=S. The predicted octanol–water partition coefficient (Wildman–Crippen LogP) is 10.4. The maximum absolute atomic E-state index is 14.1. The third-order valence-electron chi connectivity index (χ3n) is 6.78. The highest BCUT2D eigenvalue weighted by Crippen LogP contribution is 2.51. The summed E-state index contributed by atoms with van der Waals surface area (Å²) in [6.07, 6.45) is 1.87. The summed E-state index contributed by atoms with van der Waals surface area (Å²) in [4.78, 5) is 14.1. The minimum atomic E-state index is -0.748. The van der Waals surface area contributed by atoms with Crippen molar-refractivity contribution in [2.24, 2.45) is 0 Å². The number of amides is 1. The Morgan fingerprint density at radius 3 is 1.57 bits per heavy atom. The van der Waals surface area contributed by atoms with Gasteiger partial charge in [-0.2, -0.15) is 0 Å². The number of rotatable bonds is 18. The van der Waals surface area contributed by atoms with E-state index in [0.29, 0.717) is 12.8 Å². The van der Waals surface area contributed by atoms with E-state index in [1.54, 1.807) is 34.5 Å². The van der Waals surface area contributed by atoms with Crippen LogP contribution >= 0.6 is 71.0 Å². The molecule has 0 saturated heterocycles. The van der Waals surface area contributed by atoms with Gasteiger partial charge < -0.3 is 5.32 Å². The molecule has 0 aromatic heterocycles. The van der Waals surface area contributed by atoms with Gasteiger partial charge in [0.25, 0.3) is 0 Å². The summed E-state index contributed by atoms with van der Waals surface area (Å²) in [7, 11) is 0. The maximum Gasteiger partial charge on any atom is 0.239 e. The molecule has 4 rings (SSSR count). The molecule has 0 bridgehead atoms. The zero-order valence-corrected chi connectivity index (χ0v) is 31.6. The highest BCUT2D eigenvalue weighted by molar-refractivity contribution is 8.61. The van der Waals surface area contributed by atoms with Gasteiger partial charge in [0.2, 0.25) is 19.0 Å². The summed E-state index contributed by atoms with van der Waals surface area (Å²) in [5, 5.41) is 2.66. The van der Waals surface area contributed by atoms with E-state index in [9.17, 15) is 4.79 Å². The minimum Gasteiger partial charge on any atom is -0.328 e. The van der Waals surface area contributed by atoms with Crippen LogP contribution in [0.2, 0.25) is 0 Å². The van der Waals surface area contributed by atoms with Crippen LogP contribution in [0.5, 0.6) is 0 Å². The number of carbonyl (C=O) groups excluding carboxylic acids is 1. The van der Waals surface area contributed by atoms with Crippen molar-refractivity contribution >= 4 is 101 Å². The average Bonchev–Trinajstić information content (AvgIpc) is 3.05. The average molecular weight is 750 g/mol. The van der Waals surface area contributed by atoms with Gasteiger partial charge in [-0.3, -0.25) is 4.79 Å². The molecule has 5 unspecified atom stereocenters. The van der Waals surface area contributed by atoms with Gasteiger partial charge in [-0.25, -0.2) is 0 Å². The van der Waals surface area contributed by atoms with E-state index in [4.69, 9.17) is 35.2 Å². The molecule has 0 fully saturated rings. The molecular formula is C33H34ClNOP2S6+2. The standard InChI is InChI=1S/C33H32ClNOP2S6/c34-30(23-32(43-37-39,21-26-13-5-1-6-14-26)41-24-28-17-9-3-10-18-28)31(36)35-33(44-38-40,22-27-15-7-2-8-16-27)42-25-29-19-11-4-12-20-29/h1-20,30H,21-25H2,(H,35,36)/p+2. The van der Waals surface area contributed by atoms with Crippen molar-refractivity contribution in [3.05, 3.63) is 144 Å². The van der Waals surface area contributed by atoms with Crippen molar-refractivity contribution in [2.75, 3.05) is 0 Å². The second kappa shape index (κ2) is 19.0. The van der Waals surface area contributed by atoms with Crippen molar-refractivity contribution in [1.82, 2.24) is 5.32 Å². The first-order valence-electron chi connectivity index (χ1n) is 13.9. The highest BCUT2D eigenvalue weighted by atomic mass is 35.5. The topological polar surface area (TPSA) is 29.1 Å². The first-order valence-corrected chi connectivity index (χ1v) is 23.7. The number of hydrogen-bond acceptors (Lipinski definition) is 7. The zero-order valence-electron chi connectivity index (χ0n) is 23.9. The molecule has 2 nitrogen and oxygen atoms in total. The number of thioether (sulfide) groups is 2. The molecular weight excluding hydrogens is 716 g/mol. The van der Waals surface area contributed by atoms with Crippen LogP contribution in [0.3, 0.4) is 0 Å². The second-order valence-corrected chi connectivity index (χ2v) is 21.2. The molecule has 0 heterocycles. The second-order valence-electron chi connectivity index (χ2n) is 10.1. The monoisotopic (exact) mass is 749 g/mol. The Balaban J connectivity index is 1.59.